The maximum absolute atomic E-state index is 11.8. The Labute approximate surface area is 119 Å². The average molecular weight is 278 g/mol. The fourth-order valence-electron chi connectivity index (χ4n) is 1.90. The summed E-state index contributed by atoms with van der Waals surface area (Å²) in [5.41, 5.74) is 7.17. The first-order valence-corrected chi connectivity index (χ1v) is 6.84. The van der Waals surface area contributed by atoms with Crippen LogP contribution in [0.25, 0.3) is 0 Å². The summed E-state index contributed by atoms with van der Waals surface area (Å²) < 4.78 is 0. The van der Waals surface area contributed by atoms with E-state index in [2.05, 4.69) is 5.32 Å². The van der Waals surface area contributed by atoms with Crippen LogP contribution in [0.4, 0.5) is 5.69 Å². The Bertz CT molecular complexity index is 458. The van der Waals surface area contributed by atoms with Crippen molar-refractivity contribution in [3.63, 3.8) is 0 Å². The maximum Gasteiger partial charge on any atom is 0.303 e. The van der Waals surface area contributed by atoms with Gasteiger partial charge in [0.1, 0.15) is 0 Å². The van der Waals surface area contributed by atoms with Gasteiger partial charge in [0.05, 0.1) is 0 Å². The Hall–Kier alpha value is -1.88. The highest BCUT2D eigenvalue weighted by molar-refractivity contribution is 5.91. The fourth-order valence-corrected chi connectivity index (χ4v) is 1.90. The number of anilines is 1. The van der Waals surface area contributed by atoms with Crippen molar-refractivity contribution in [1.82, 2.24) is 0 Å². The molecule has 0 radical (unpaired) electrons. The Morgan fingerprint density at radius 2 is 2.00 bits per heavy atom. The Morgan fingerprint density at radius 1 is 1.30 bits per heavy atom. The van der Waals surface area contributed by atoms with E-state index in [0.717, 1.165) is 18.4 Å². The van der Waals surface area contributed by atoms with Gasteiger partial charge in [0.25, 0.3) is 0 Å². The lowest BCUT2D eigenvalue weighted by atomic mass is 10.1. The van der Waals surface area contributed by atoms with Gasteiger partial charge in [-0.2, -0.15) is 0 Å². The van der Waals surface area contributed by atoms with Gasteiger partial charge >= 0.3 is 5.97 Å². The molecule has 0 fully saturated rings. The van der Waals surface area contributed by atoms with E-state index in [9.17, 15) is 9.59 Å². The van der Waals surface area contributed by atoms with E-state index in [-0.39, 0.29) is 18.4 Å². The molecule has 1 atom stereocenters. The molecule has 0 aromatic heterocycles. The smallest absolute Gasteiger partial charge is 0.303 e. The highest BCUT2D eigenvalue weighted by atomic mass is 16.4. The lowest BCUT2D eigenvalue weighted by Crippen LogP contribution is -2.17. The molecular weight excluding hydrogens is 256 g/mol. The second-order valence-corrected chi connectivity index (χ2v) is 4.97. The summed E-state index contributed by atoms with van der Waals surface area (Å²) in [5.74, 6) is -0.906. The number of carbonyl (C=O) groups is 2. The molecule has 0 saturated carbocycles. The normalized spacial score (nSPS) is 11.9. The third-order valence-electron chi connectivity index (χ3n) is 2.96. The third kappa shape index (κ3) is 6.33. The van der Waals surface area contributed by atoms with E-state index in [0.29, 0.717) is 18.5 Å². The molecule has 0 aliphatic carbocycles. The van der Waals surface area contributed by atoms with Crippen LogP contribution in [0.5, 0.6) is 0 Å². The number of nitrogens with one attached hydrogen (secondary N) is 1. The minimum absolute atomic E-state index is 0.0531. The summed E-state index contributed by atoms with van der Waals surface area (Å²) in [7, 11) is 0. The van der Waals surface area contributed by atoms with Gasteiger partial charge < -0.3 is 16.2 Å². The van der Waals surface area contributed by atoms with Gasteiger partial charge in [0.2, 0.25) is 5.91 Å². The number of carbonyl (C=O) groups excluding carboxylic acids is 1. The largest absolute Gasteiger partial charge is 0.481 e. The molecular formula is C15H22N2O3. The molecule has 0 aliphatic rings. The molecule has 5 nitrogen and oxygen atoms in total. The second-order valence-electron chi connectivity index (χ2n) is 4.97. The Balaban J connectivity index is 2.53. The monoisotopic (exact) mass is 278 g/mol. The Morgan fingerprint density at radius 3 is 2.65 bits per heavy atom. The molecule has 1 unspecified atom stereocenters. The number of aryl methyl sites for hydroxylation is 1. The van der Waals surface area contributed by atoms with Crippen molar-refractivity contribution in [2.24, 2.45) is 5.73 Å². The van der Waals surface area contributed by atoms with Crippen molar-refractivity contribution in [1.29, 1.82) is 0 Å². The summed E-state index contributed by atoms with van der Waals surface area (Å²) in [4.78, 5) is 22.4. The van der Waals surface area contributed by atoms with Crippen LogP contribution in [0.2, 0.25) is 0 Å². The number of rotatable bonds is 8. The van der Waals surface area contributed by atoms with Gasteiger partial charge in [0, 0.05) is 24.6 Å². The van der Waals surface area contributed by atoms with E-state index in [1.165, 1.54) is 0 Å². The number of amides is 1. The zero-order valence-electron chi connectivity index (χ0n) is 11.8. The number of para-hydroxylation sites is 1. The molecule has 0 spiro atoms. The maximum atomic E-state index is 11.8. The van der Waals surface area contributed by atoms with E-state index < -0.39 is 5.97 Å². The molecule has 110 valence electrons. The van der Waals surface area contributed by atoms with Crippen molar-refractivity contribution in [2.75, 3.05) is 5.32 Å². The molecule has 1 amide bonds. The van der Waals surface area contributed by atoms with E-state index >= 15 is 0 Å². The average Bonchev–Trinajstić information content (AvgIpc) is 2.37. The van der Waals surface area contributed by atoms with Crippen molar-refractivity contribution in [3.8, 4) is 0 Å². The molecule has 1 rings (SSSR count). The summed E-state index contributed by atoms with van der Waals surface area (Å²) in [6, 6.07) is 7.39. The predicted molar refractivity (Wildman–Crippen MR) is 78.5 cm³/mol. The van der Waals surface area contributed by atoms with Crippen LogP contribution in [0.15, 0.2) is 24.3 Å². The molecule has 5 heteroatoms. The van der Waals surface area contributed by atoms with E-state index in [4.69, 9.17) is 10.8 Å². The minimum Gasteiger partial charge on any atom is -0.481 e. The molecule has 0 saturated heterocycles. The first-order valence-electron chi connectivity index (χ1n) is 6.84. The lowest BCUT2D eigenvalue weighted by molar-refractivity contribution is -0.136. The number of benzene rings is 1. The van der Waals surface area contributed by atoms with E-state index in [1.807, 2.05) is 25.1 Å². The molecule has 0 bridgehead atoms. The standard InChI is InChI=1S/C15H22N2O3/c1-11(16)5-4-8-14(18)17-13-7-3-2-6-12(13)9-10-15(19)20/h2-3,6-7,11H,4-5,8-10,16H2,1H3,(H,17,18)(H,19,20). The number of hydrogen-bond donors (Lipinski definition) is 3. The number of aliphatic carboxylic acids is 1. The highest BCUT2D eigenvalue weighted by Gasteiger charge is 2.08. The van der Waals surface area contributed by atoms with Crippen LogP contribution in [-0.4, -0.2) is 23.0 Å². The topological polar surface area (TPSA) is 92.4 Å². The summed E-state index contributed by atoms with van der Waals surface area (Å²) >= 11 is 0. The first-order chi connectivity index (χ1) is 9.49. The van der Waals surface area contributed by atoms with Crippen molar-refractivity contribution in [3.05, 3.63) is 29.8 Å². The SMILES string of the molecule is CC(N)CCCC(=O)Nc1ccccc1CCC(=O)O. The number of nitrogens with two attached hydrogens (primary N) is 1. The number of carboxylic acids is 1. The zero-order chi connectivity index (χ0) is 15.0. The van der Waals surface area contributed by atoms with Gasteiger partial charge in [-0.15, -0.1) is 0 Å². The Kier molecular flexibility index (Phi) is 6.73. The fraction of sp³-hybridized carbons (Fsp3) is 0.467. The first kappa shape index (κ1) is 16.2. The molecule has 0 aliphatic heterocycles. The number of hydrogen-bond acceptors (Lipinski definition) is 3. The van der Waals surface area contributed by atoms with Crippen molar-refractivity contribution >= 4 is 17.6 Å². The molecule has 0 heterocycles. The van der Waals surface area contributed by atoms with Crippen LogP contribution in [0, 0.1) is 0 Å². The molecule has 4 N–H and O–H groups in total. The van der Waals surface area contributed by atoms with Gasteiger partial charge in [-0.05, 0) is 37.8 Å². The zero-order valence-corrected chi connectivity index (χ0v) is 11.8. The van der Waals surface area contributed by atoms with Gasteiger partial charge in [0.15, 0.2) is 0 Å². The highest BCUT2D eigenvalue weighted by Crippen LogP contribution is 2.17. The van der Waals surface area contributed by atoms with Crippen molar-refractivity contribution < 1.29 is 14.7 Å². The summed E-state index contributed by atoms with van der Waals surface area (Å²) in [5, 5.41) is 11.6. The van der Waals surface area contributed by atoms with Crippen molar-refractivity contribution in [2.45, 2.75) is 45.1 Å². The molecule has 1 aromatic rings. The molecule has 1 aromatic carbocycles. The van der Waals surface area contributed by atoms with Crippen LogP contribution in [0.3, 0.4) is 0 Å². The van der Waals surface area contributed by atoms with Crippen LogP contribution >= 0.6 is 0 Å². The molecule has 20 heavy (non-hydrogen) atoms. The minimum atomic E-state index is -0.844. The van der Waals surface area contributed by atoms with Crippen LogP contribution < -0.4 is 11.1 Å². The van der Waals surface area contributed by atoms with Crippen LogP contribution in [-0.2, 0) is 16.0 Å². The van der Waals surface area contributed by atoms with Gasteiger partial charge in [-0.1, -0.05) is 18.2 Å². The lowest BCUT2D eigenvalue weighted by Gasteiger charge is -2.10. The van der Waals surface area contributed by atoms with Gasteiger partial charge in [-0.25, -0.2) is 0 Å². The summed E-state index contributed by atoms with van der Waals surface area (Å²) in [6.07, 6.45) is 2.45. The number of carboxylic acid groups (broad SMARTS) is 1. The quantitative estimate of drug-likeness (QED) is 0.679. The van der Waals surface area contributed by atoms with Crippen LogP contribution in [0.1, 0.15) is 38.2 Å². The summed E-state index contributed by atoms with van der Waals surface area (Å²) in [6.45, 7) is 1.92. The third-order valence-corrected chi connectivity index (χ3v) is 2.96. The predicted octanol–water partition coefficient (Wildman–Crippen LogP) is 2.16. The second kappa shape index (κ2) is 8.32. The van der Waals surface area contributed by atoms with Gasteiger partial charge in [-0.3, -0.25) is 9.59 Å². The van der Waals surface area contributed by atoms with E-state index in [1.54, 1.807) is 6.07 Å².